The Morgan fingerprint density at radius 2 is 1.48 bits per heavy atom. The predicted octanol–water partition coefficient (Wildman–Crippen LogP) is 5.56. The van der Waals surface area contributed by atoms with E-state index in [1.807, 2.05) is 54.6 Å². The first-order valence-corrected chi connectivity index (χ1v) is 15.6. The van der Waals surface area contributed by atoms with E-state index in [1.54, 1.807) is 25.1 Å². The number of benzene rings is 4. The zero-order valence-electron chi connectivity index (χ0n) is 23.0. The van der Waals surface area contributed by atoms with E-state index in [9.17, 15) is 18.0 Å². The molecule has 0 bridgehead atoms. The number of anilines is 1. The van der Waals surface area contributed by atoms with Crippen LogP contribution in [0.5, 0.6) is 0 Å². The summed E-state index contributed by atoms with van der Waals surface area (Å²) < 4.78 is 44.3. The molecule has 0 fully saturated rings. The lowest BCUT2D eigenvalue weighted by Gasteiger charge is -2.34. The summed E-state index contributed by atoms with van der Waals surface area (Å²) in [6.07, 6.45) is 0.192. The normalized spacial score (nSPS) is 11.9. The molecule has 0 heterocycles. The number of nitrogens with zero attached hydrogens (tertiary/aromatic N) is 2. The van der Waals surface area contributed by atoms with E-state index >= 15 is 4.39 Å². The number of nitrogens with one attached hydrogen (secondary N) is 1. The molecule has 0 saturated heterocycles. The maximum atomic E-state index is 15.1. The molecule has 0 aliphatic rings. The minimum Gasteiger partial charge on any atom is -0.355 e. The maximum Gasteiger partial charge on any atom is 0.264 e. The molecule has 4 rings (SSSR count). The van der Waals surface area contributed by atoms with Gasteiger partial charge in [-0.2, -0.15) is 0 Å². The summed E-state index contributed by atoms with van der Waals surface area (Å²) in [5.74, 6) is -1.84. The number of carbonyl (C=O) groups is 2. The van der Waals surface area contributed by atoms with Gasteiger partial charge >= 0.3 is 0 Å². The van der Waals surface area contributed by atoms with Crippen molar-refractivity contribution in [1.29, 1.82) is 0 Å². The second kappa shape index (κ2) is 14.2. The van der Waals surface area contributed by atoms with Crippen LogP contribution in [0.3, 0.4) is 0 Å². The summed E-state index contributed by atoms with van der Waals surface area (Å²) in [5, 5.41) is 2.81. The van der Waals surface area contributed by atoms with Crippen LogP contribution < -0.4 is 9.62 Å². The van der Waals surface area contributed by atoms with Gasteiger partial charge in [-0.05, 0) is 54.4 Å². The number of rotatable bonds is 12. The summed E-state index contributed by atoms with van der Waals surface area (Å²) in [4.78, 5) is 29.0. The summed E-state index contributed by atoms with van der Waals surface area (Å²) in [7, 11) is -4.36. The molecular formula is C32H31BrFN3O4S. The van der Waals surface area contributed by atoms with Gasteiger partial charge in [0.25, 0.3) is 10.0 Å². The van der Waals surface area contributed by atoms with Crippen LogP contribution >= 0.6 is 15.9 Å². The van der Waals surface area contributed by atoms with Crippen LogP contribution in [0.1, 0.15) is 18.1 Å². The van der Waals surface area contributed by atoms with Crippen LogP contribution in [0.25, 0.3) is 0 Å². The Balaban J connectivity index is 1.80. The number of amides is 2. The topological polar surface area (TPSA) is 86.8 Å². The third-order valence-corrected chi connectivity index (χ3v) is 8.86. The van der Waals surface area contributed by atoms with Gasteiger partial charge in [-0.1, -0.05) is 88.7 Å². The lowest BCUT2D eigenvalue weighted by atomic mass is 10.0. The average Bonchev–Trinajstić information content (AvgIpc) is 2.99. The first-order chi connectivity index (χ1) is 20.2. The van der Waals surface area contributed by atoms with Gasteiger partial charge in [0, 0.05) is 24.0 Å². The van der Waals surface area contributed by atoms with Crippen molar-refractivity contribution < 1.29 is 22.4 Å². The van der Waals surface area contributed by atoms with E-state index < -0.39 is 34.3 Å². The van der Waals surface area contributed by atoms with Crippen LogP contribution in [0, 0.1) is 5.82 Å². The number of sulfonamides is 1. The van der Waals surface area contributed by atoms with Crippen molar-refractivity contribution in [3.05, 3.63) is 131 Å². The van der Waals surface area contributed by atoms with Crippen molar-refractivity contribution in [2.45, 2.75) is 30.8 Å². The molecule has 1 atom stereocenters. The highest BCUT2D eigenvalue weighted by atomic mass is 79.9. The first kappa shape index (κ1) is 30.9. The Bertz CT molecular complexity index is 1620. The fourth-order valence-electron chi connectivity index (χ4n) is 4.57. The van der Waals surface area contributed by atoms with Crippen LogP contribution in [0.2, 0.25) is 0 Å². The Morgan fingerprint density at radius 1 is 0.857 bits per heavy atom. The van der Waals surface area contributed by atoms with Gasteiger partial charge in [0.15, 0.2) is 0 Å². The Morgan fingerprint density at radius 3 is 2.12 bits per heavy atom. The van der Waals surface area contributed by atoms with Crippen molar-refractivity contribution >= 4 is 43.5 Å². The van der Waals surface area contributed by atoms with Gasteiger partial charge in [0.2, 0.25) is 11.8 Å². The molecule has 0 aliphatic heterocycles. The van der Waals surface area contributed by atoms with E-state index in [2.05, 4.69) is 21.2 Å². The van der Waals surface area contributed by atoms with Gasteiger partial charge < -0.3 is 10.2 Å². The molecular weight excluding hydrogens is 621 g/mol. The largest absolute Gasteiger partial charge is 0.355 e. The van der Waals surface area contributed by atoms with E-state index in [0.717, 1.165) is 26.0 Å². The van der Waals surface area contributed by atoms with Crippen molar-refractivity contribution in [3.8, 4) is 0 Å². The monoisotopic (exact) mass is 651 g/mol. The molecule has 0 radical (unpaired) electrons. The molecule has 0 aliphatic carbocycles. The number of para-hydroxylation sites is 1. The summed E-state index contributed by atoms with van der Waals surface area (Å²) >= 11 is 3.45. The number of likely N-dealkylation sites (N-methyl/N-ethyl adjacent to an activating group) is 1. The van der Waals surface area contributed by atoms with E-state index in [0.29, 0.717) is 6.54 Å². The number of halogens is 2. The van der Waals surface area contributed by atoms with Gasteiger partial charge in [-0.3, -0.25) is 13.9 Å². The van der Waals surface area contributed by atoms with Gasteiger partial charge in [-0.25, -0.2) is 12.8 Å². The summed E-state index contributed by atoms with van der Waals surface area (Å²) in [6.45, 7) is 1.41. The zero-order chi connectivity index (χ0) is 30.1. The smallest absolute Gasteiger partial charge is 0.264 e. The minimum atomic E-state index is -4.36. The van der Waals surface area contributed by atoms with Gasteiger partial charge in [0.05, 0.1) is 10.6 Å². The average molecular weight is 653 g/mol. The molecule has 7 nitrogen and oxygen atoms in total. The summed E-state index contributed by atoms with van der Waals surface area (Å²) in [5.41, 5.74) is 1.28. The Hall–Kier alpha value is -4.02. The van der Waals surface area contributed by atoms with E-state index in [4.69, 9.17) is 0 Å². The molecule has 4 aromatic rings. The zero-order valence-corrected chi connectivity index (χ0v) is 25.4. The van der Waals surface area contributed by atoms with Gasteiger partial charge in [0.1, 0.15) is 18.4 Å². The summed E-state index contributed by atoms with van der Waals surface area (Å²) in [6, 6.07) is 28.5. The fourth-order valence-corrected chi connectivity index (χ4v) is 6.45. The lowest BCUT2D eigenvalue weighted by Crippen LogP contribution is -2.53. The van der Waals surface area contributed by atoms with Crippen LogP contribution in [-0.4, -0.2) is 44.3 Å². The van der Waals surface area contributed by atoms with Crippen LogP contribution in [0.15, 0.2) is 119 Å². The molecule has 4 aromatic carbocycles. The minimum absolute atomic E-state index is 0.0173. The molecule has 42 heavy (non-hydrogen) atoms. The predicted molar refractivity (Wildman–Crippen MR) is 165 cm³/mol. The Labute approximate surface area is 254 Å². The number of hydrogen-bond donors (Lipinski definition) is 1. The second-order valence-electron chi connectivity index (χ2n) is 9.53. The molecule has 1 N–H and O–H groups in total. The molecule has 0 unspecified atom stereocenters. The van der Waals surface area contributed by atoms with Crippen LogP contribution in [0.4, 0.5) is 10.1 Å². The van der Waals surface area contributed by atoms with Crippen molar-refractivity contribution in [3.63, 3.8) is 0 Å². The molecule has 0 saturated carbocycles. The molecule has 218 valence electrons. The van der Waals surface area contributed by atoms with E-state index in [1.165, 1.54) is 35.2 Å². The van der Waals surface area contributed by atoms with Gasteiger partial charge in [-0.15, -0.1) is 0 Å². The second-order valence-corrected chi connectivity index (χ2v) is 12.3. The molecule has 0 aromatic heterocycles. The highest BCUT2D eigenvalue weighted by Gasteiger charge is 2.35. The van der Waals surface area contributed by atoms with Crippen molar-refractivity contribution in [1.82, 2.24) is 10.2 Å². The lowest BCUT2D eigenvalue weighted by molar-refractivity contribution is -0.140. The molecule has 2 amide bonds. The third kappa shape index (κ3) is 7.63. The molecule has 0 spiro atoms. The standard InChI is InChI=1S/C32H31BrFN3O4S/c1-2-35-32(39)30(21-24-12-5-3-6-13-24)36(22-25-14-11-15-26(33)20-25)31(38)23-37(29-19-10-9-18-28(29)34)42(40,41)27-16-7-4-8-17-27/h3-20,30H,2,21-23H2,1H3,(H,35,39)/t30-/m1/s1. The highest BCUT2D eigenvalue weighted by Crippen LogP contribution is 2.27. The highest BCUT2D eigenvalue weighted by molar-refractivity contribution is 9.10. The quantitative estimate of drug-likeness (QED) is 0.217. The van der Waals surface area contributed by atoms with Crippen LogP contribution in [-0.2, 0) is 32.6 Å². The Kier molecular flexibility index (Phi) is 10.5. The number of carbonyl (C=O) groups excluding carboxylic acids is 2. The third-order valence-electron chi connectivity index (χ3n) is 6.60. The SMILES string of the molecule is CCNC(=O)[C@@H](Cc1ccccc1)N(Cc1cccc(Br)c1)C(=O)CN(c1ccccc1F)S(=O)(=O)c1ccccc1. The molecule has 10 heteroatoms. The fraction of sp³-hybridized carbons (Fsp3) is 0.188. The number of hydrogen-bond acceptors (Lipinski definition) is 4. The van der Waals surface area contributed by atoms with Crippen molar-refractivity contribution in [2.24, 2.45) is 0 Å². The maximum absolute atomic E-state index is 15.1. The first-order valence-electron chi connectivity index (χ1n) is 13.4. The van der Waals surface area contributed by atoms with Crippen molar-refractivity contribution in [2.75, 3.05) is 17.4 Å². The van der Waals surface area contributed by atoms with E-state index in [-0.39, 0.29) is 29.5 Å².